The maximum Gasteiger partial charge on any atom is 0.344 e. The summed E-state index contributed by atoms with van der Waals surface area (Å²) in [6.45, 7) is 6.23. The fourth-order valence-electron chi connectivity index (χ4n) is 3.32. The Morgan fingerprint density at radius 2 is 1.86 bits per heavy atom. The number of ketones is 1. The number of ether oxygens (including phenoxy) is 2. The summed E-state index contributed by atoms with van der Waals surface area (Å²) >= 11 is 3.76. The minimum Gasteiger partial charge on any atom is -0.482 e. The van der Waals surface area contributed by atoms with E-state index in [4.69, 9.17) is 9.47 Å². The summed E-state index contributed by atoms with van der Waals surface area (Å²) in [7, 11) is 0. The Morgan fingerprint density at radius 3 is 2.54 bits per heavy atom. The number of thioether (sulfide) groups is 2. The highest BCUT2D eigenvalue weighted by Crippen LogP contribution is 2.48. The Labute approximate surface area is 174 Å². The van der Waals surface area contributed by atoms with Gasteiger partial charge in [0.1, 0.15) is 5.75 Å². The fraction of sp³-hybridized carbons (Fsp3) is 0.429. The lowest BCUT2D eigenvalue weighted by Crippen LogP contribution is -2.20. The van der Waals surface area contributed by atoms with Gasteiger partial charge in [0.2, 0.25) is 5.78 Å². The minimum atomic E-state index is -0.542. The van der Waals surface area contributed by atoms with Crippen molar-refractivity contribution in [2.45, 2.75) is 31.9 Å². The zero-order valence-electron chi connectivity index (χ0n) is 16.4. The molecule has 0 amide bonds. The molecular weight excluding hydrogens is 394 g/mol. The van der Waals surface area contributed by atoms with Crippen molar-refractivity contribution in [1.29, 1.82) is 0 Å². The van der Waals surface area contributed by atoms with Crippen molar-refractivity contribution in [2.75, 3.05) is 24.7 Å². The lowest BCUT2D eigenvalue weighted by molar-refractivity contribution is -0.144. The van der Waals surface area contributed by atoms with E-state index in [9.17, 15) is 9.59 Å². The first-order valence-corrected chi connectivity index (χ1v) is 11.4. The van der Waals surface area contributed by atoms with Crippen LogP contribution in [0.15, 0.2) is 30.3 Å². The molecule has 0 atom stereocenters. The average Bonchev–Trinajstić information content (AvgIpc) is 3.32. The van der Waals surface area contributed by atoms with E-state index in [1.807, 2.05) is 74.6 Å². The minimum absolute atomic E-state index is 0.194. The summed E-state index contributed by atoms with van der Waals surface area (Å²) in [4.78, 5) is 24.5. The standard InChI is InChI=1S/C21H25NO4S2/c1-4-22-14(2)11-17(15(22)3)18(23)12-26-20(24)13-25-19-8-6-5-7-16(19)21-27-9-10-28-21/h5-8,11,21H,4,9-10,12-13H2,1-3H3. The van der Waals surface area contributed by atoms with Crippen LogP contribution in [0.3, 0.4) is 0 Å². The van der Waals surface area contributed by atoms with Crippen molar-refractivity contribution in [3.05, 3.63) is 52.8 Å². The van der Waals surface area contributed by atoms with Crippen LogP contribution in [-0.2, 0) is 16.1 Å². The Kier molecular flexibility index (Phi) is 7.13. The molecule has 0 aliphatic carbocycles. The number of Topliss-reactive ketones (excluding diaryl/α,β-unsaturated/α-hetero) is 1. The van der Waals surface area contributed by atoms with E-state index in [-0.39, 0.29) is 19.0 Å². The Hall–Kier alpha value is -1.86. The Balaban J connectivity index is 1.53. The van der Waals surface area contributed by atoms with Gasteiger partial charge in [-0.2, -0.15) is 0 Å². The molecule has 7 heteroatoms. The maximum absolute atomic E-state index is 12.4. The third-order valence-electron chi connectivity index (χ3n) is 4.69. The number of nitrogens with zero attached hydrogens (tertiary/aromatic N) is 1. The van der Waals surface area contributed by atoms with Crippen molar-refractivity contribution in [3.63, 3.8) is 0 Å². The number of carbonyl (C=O) groups excluding carboxylic acids is 2. The highest BCUT2D eigenvalue weighted by molar-refractivity contribution is 8.19. The summed E-state index contributed by atoms with van der Waals surface area (Å²) < 4.78 is 13.2. The van der Waals surface area contributed by atoms with E-state index in [1.54, 1.807) is 0 Å². The summed E-state index contributed by atoms with van der Waals surface area (Å²) in [6, 6.07) is 9.61. The first-order chi connectivity index (χ1) is 13.5. The maximum atomic E-state index is 12.4. The predicted molar refractivity (Wildman–Crippen MR) is 114 cm³/mol. The van der Waals surface area contributed by atoms with Gasteiger partial charge in [-0.25, -0.2) is 4.79 Å². The van der Waals surface area contributed by atoms with E-state index in [2.05, 4.69) is 4.57 Å². The van der Waals surface area contributed by atoms with Crippen molar-refractivity contribution >= 4 is 35.3 Å². The molecule has 0 radical (unpaired) electrons. The summed E-state index contributed by atoms with van der Waals surface area (Å²) in [5.74, 6) is 2.20. The Morgan fingerprint density at radius 1 is 1.14 bits per heavy atom. The molecule has 150 valence electrons. The van der Waals surface area contributed by atoms with Gasteiger partial charge >= 0.3 is 5.97 Å². The van der Waals surface area contributed by atoms with Gasteiger partial charge in [0.25, 0.3) is 0 Å². The normalized spacial score (nSPS) is 14.2. The molecule has 0 unspecified atom stereocenters. The number of aromatic nitrogens is 1. The molecule has 1 aromatic carbocycles. The molecule has 1 aliphatic heterocycles. The number of hydrogen-bond donors (Lipinski definition) is 0. The largest absolute Gasteiger partial charge is 0.482 e. The smallest absolute Gasteiger partial charge is 0.344 e. The predicted octanol–water partition coefficient (Wildman–Crippen LogP) is 4.41. The summed E-state index contributed by atoms with van der Waals surface area (Å²) in [6.07, 6.45) is 0. The van der Waals surface area contributed by atoms with Crippen molar-refractivity contribution in [2.24, 2.45) is 0 Å². The summed E-state index contributed by atoms with van der Waals surface area (Å²) in [5, 5.41) is 0. The summed E-state index contributed by atoms with van der Waals surface area (Å²) in [5.41, 5.74) is 3.62. The van der Waals surface area contributed by atoms with Crippen LogP contribution in [0.4, 0.5) is 0 Å². The molecule has 2 heterocycles. The van der Waals surface area contributed by atoms with Crippen molar-refractivity contribution < 1.29 is 19.1 Å². The average molecular weight is 420 g/mol. The van der Waals surface area contributed by atoms with Crippen LogP contribution >= 0.6 is 23.5 Å². The van der Waals surface area contributed by atoms with E-state index in [1.165, 1.54) is 0 Å². The highest BCUT2D eigenvalue weighted by Gasteiger charge is 2.22. The number of esters is 1. The third kappa shape index (κ3) is 4.75. The molecular formula is C21H25NO4S2. The van der Waals surface area contributed by atoms with Gasteiger partial charge in [-0.3, -0.25) is 4.79 Å². The first kappa shape index (κ1) is 20.9. The van der Waals surface area contributed by atoms with Crippen LogP contribution in [0.5, 0.6) is 5.75 Å². The van der Waals surface area contributed by atoms with Crippen LogP contribution in [-0.4, -0.2) is 41.0 Å². The zero-order chi connectivity index (χ0) is 20.1. The number of para-hydroxylation sites is 1. The van der Waals surface area contributed by atoms with Gasteiger partial charge < -0.3 is 14.0 Å². The molecule has 1 saturated heterocycles. The van der Waals surface area contributed by atoms with E-state index >= 15 is 0 Å². The fourth-order valence-corrected chi connectivity index (χ4v) is 6.23. The Bertz CT molecular complexity index is 856. The first-order valence-electron chi connectivity index (χ1n) is 9.31. The van der Waals surface area contributed by atoms with Gasteiger partial charge in [-0.05, 0) is 32.9 Å². The van der Waals surface area contributed by atoms with Crippen LogP contribution in [0.2, 0.25) is 0 Å². The molecule has 2 aromatic rings. The number of carbonyl (C=O) groups is 2. The molecule has 3 rings (SSSR count). The molecule has 0 bridgehead atoms. The second kappa shape index (κ2) is 9.56. The van der Waals surface area contributed by atoms with Gasteiger partial charge in [-0.1, -0.05) is 18.2 Å². The quantitative estimate of drug-likeness (QED) is 0.467. The highest BCUT2D eigenvalue weighted by atomic mass is 32.2. The molecule has 28 heavy (non-hydrogen) atoms. The molecule has 0 spiro atoms. The monoisotopic (exact) mass is 419 g/mol. The molecule has 1 fully saturated rings. The van der Waals surface area contributed by atoms with Gasteiger partial charge in [0.15, 0.2) is 13.2 Å². The lowest BCUT2D eigenvalue weighted by Gasteiger charge is -2.14. The molecule has 5 nitrogen and oxygen atoms in total. The lowest BCUT2D eigenvalue weighted by atomic mass is 10.1. The second-order valence-electron chi connectivity index (χ2n) is 6.51. The number of rotatable bonds is 8. The van der Waals surface area contributed by atoms with Gasteiger partial charge in [-0.15, -0.1) is 23.5 Å². The van der Waals surface area contributed by atoms with Gasteiger partial charge in [0.05, 0.1) is 4.58 Å². The van der Waals surface area contributed by atoms with E-state index < -0.39 is 5.97 Å². The van der Waals surface area contributed by atoms with E-state index in [0.717, 1.165) is 35.0 Å². The molecule has 0 N–H and O–H groups in total. The number of benzene rings is 1. The van der Waals surface area contributed by atoms with Crippen LogP contribution in [0.1, 0.15) is 38.8 Å². The number of hydrogen-bond acceptors (Lipinski definition) is 6. The topological polar surface area (TPSA) is 57.5 Å². The molecule has 0 saturated carbocycles. The molecule has 1 aliphatic rings. The zero-order valence-corrected chi connectivity index (χ0v) is 18.0. The second-order valence-corrected chi connectivity index (χ2v) is 9.24. The molecule has 1 aromatic heterocycles. The van der Waals surface area contributed by atoms with Crippen LogP contribution in [0.25, 0.3) is 0 Å². The number of aryl methyl sites for hydroxylation is 1. The SMILES string of the molecule is CCn1c(C)cc(C(=O)COC(=O)COc2ccccc2C2SCCS2)c1C. The van der Waals surface area contributed by atoms with Gasteiger partial charge in [0, 0.05) is 40.6 Å². The van der Waals surface area contributed by atoms with Crippen LogP contribution in [0, 0.1) is 13.8 Å². The third-order valence-corrected chi connectivity index (χ3v) is 7.76. The van der Waals surface area contributed by atoms with Crippen molar-refractivity contribution in [3.8, 4) is 5.75 Å². The van der Waals surface area contributed by atoms with Crippen molar-refractivity contribution in [1.82, 2.24) is 4.57 Å². The van der Waals surface area contributed by atoms with Crippen LogP contribution < -0.4 is 4.74 Å². The van der Waals surface area contributed by atoms with E-state index in [0.29, 0.717) is 15.9 Å².